The Morgan fingerprint density at radius 2 is 1.75 bits per heavy atom. The molecular formula is C12H17BO3. The van der Waals surface area contributed by atoms with Crippen molar-refractivity contribution in [2.75, 3.05) is 19.8 Å². The summed E-state index contributed by atoms with van der Waals surface area (Å²) < 4.78 is 16.2. The Morgan fingerprint density at radius 1 is 1.12 bits per heavy atom. The molecule has 0 saturated heterocycles. The van der Waals surface area contributed by atoms with Crippen LogP contribution in [-0.2, 0) is 9.47 Å². The Kier molecular flexibility index (Phi) is 5.97. The third kappa shape index (κ3) is 4.25. The zero-order valence-electron chi connectivity index (χ0n) is 9.81. The van der Waals surface area contributed by atoms with Gasteiger partial charge in [0.15, 0.2) is 6.29 Å². The normalized spacial score (nSPS) is 10.7. The molecule has 3 nitrogen and oxygen atoms in total. The lowest BCUT2D eigenvalue weighted by atomic mass is 9.95. The van der Waals surface area contributed by atoms with Crippen LogP contribution in [0.4, 0.5) is 0 Å². The fourth-order valence-corrected chi connectivity index (χ4v) is 1.29. The van der Waals surface area contributed by atoms with Crippen molar-refractivity contribution in [3.05, 3.63) is 24.3 Å². The quantitative estimate of drug-likeness (QED) is 0.511. The van der Waals surface area contributed by atoms with E-state index < -0.39 is 0 Å². The molecule has 0 amide bonds. The van der Waals surface area contributed by atoms with E-state index in [0.717, 1.165) is 0 Å². The predicted octanol–water partition coefficient (Wildman–Crippen LogP) is 1.26. The van der Waals surface area contributed by atoms with Gasteiger partial charge >= 0.3 is 0 Å². The summed E-state index contributed by atoms with van der Waals surface area (Å²) in [6.45, 7) is 5.37. The molecule has 0 spiro atoms. The van der Waals surface area contributed by atoms with Crippen molar-refractivity contribution in [1.82, 2.24) is 0 Å². The van der Waals surface area contributed by atoms with Crippen LogP contribution in [0.15, 0.2) is 24.3 Å². The summed E-state index contributed by atoms with van der Waals surface area (Å²) in [6.07, 6.45) is -0.338. The smallest absolute Gasteiger partial charge is 0.191 e. The van der Waals surface area contributed by atoms with Crippen LogP contribution >= 0.6 is 0 Å². The third-order valence-electron chi connectivity index (χ3n) is 2.00. The van der Waals surface area contributed by atoms with E-state index >= 15 is 0 Å². The summed E-state index contributed by atoms with van der Waals surface area (Å²) in [5.41, 5.74) is 0.620. The number of hydrogen-bond donors (Lipinski definition) is 0. The highest BCUT2D eigenvalue weighted by molar-refractivity contribution is 6.34. The molecule has 0 aliphatic rings. The van der Waals surface area contributed by atoms with Crippen molar-refractivity contribution >= 4 is 13.3 Å². The second-order valence-corrected chi connectivity index (χ2v) is 3.19. The first-order valence-corrected chi connectivity index (χ1v) is 5.48. The maximum atomic E-state index is 5.75. The average Bonchev–Trinajstić information content (AvgIpc) is 2.28. The van der Waals surface area contributed by atoms with Gasteiger partial charge in [-0.15, -0.1) is 0 Å². The van der Waals surface area contributed by atoms with Gasteiger partial charge in [0.2, 0.25) is 0 Å². The van der Waals surface area contributed by atoms with Crippen molar-refractivity contribution < 1.29 is 14.2 Å². The molecule has 0 unspecified atom stereocenters. The topological polar surface area (TPSA) is 27.7 Å². The molecule has 16 heavy (non-hydrogen) atoms. The molecule has 1 aromatic carbocycles. The van der Waals surface area contributed by atoms with E-state index in [9.17, 15) is 0 Å². The van der Waals surface area contributed by atoms with Crippen molar-refractivity contribution in [1.29, 1.82) is 0 Å². The van der Waals surface area contributed by atoms with Gasteiger partial charge in [-0.05, 0) is 19.9 Å². The number of rotatable bonds is 7. The monoisotopic (exact) mass is 220 g/mol. The molecule has 0 aromatic heterocycles. The van der Waals surface area contributed by atoms with Crippen LogP contribution in [0.25, 0.3) is 0 Å². The Bertz CT molecular complexity index is 298. The minimum Gasteiger partial charge on any atom is -0.489 e. The van der Waals surface area contributed by atoms with E-state index in [0.29, 0.717) is 31.0 Å². The lowest BCUT2D eigenvalue weighted by Crippen LogP contribution is -2.26. The van der Waals surface area contributed by atoms with Gasteiger partial charge in [-0.3, -0.25) is 0 Å². The Morgan fingerprint density at radius 3 is 2.31 bits per heavy atom. The minimum absolute atomic E-state index is 0.338. The summed E-state index contributed by atoms with van der Waals surface area (Å²) >= 11 is 0. The molecule has 1 aromatic rings. The van der Waals surface area contributed by atoms with Crippen LogP contribution in [0.3, 0.4) is 0 Å². The van der Waals surface area contributed by atoms with Crippen LogP contribution in [0.5, 0.6) is 5.75 Å². The molecule has 0 fully saturated rings. The number of para-hydroxylation sites is 1. The molecule has 0 saturated carbocycles. The molecule has 0 aliphatic heterocycles. The summed E-state index contributed by atoms with van der Waals surface area (Å²) in [5.74, 6) is 0.659. The highest BCUT2D eigenvalue weighted by Crippen LogP contribution is 2.06. The molecule has 2 radical (unpaired) electrons. The van der Waals surface area contributed by atoms with E-state index in [1.807, 2.05) is 32.0 Å². The number of ether oxygens (including phenoxy) is 3. The van der Waals surface area contributed by atoms with E-state index in [4.69, 9.17) is 22.1 Å². The molecule has 1 rings (SSSR count). The zero-order chi connectivity index (χ0) is 11.8. The van der Waals surface area contributed by atoms with Crippen LogP contribution in [-0.4, -0.2) is 34.0 Å². The fraction of sp³-hybridized carbons (Fsp3) is 0.500. The van der Waals surface area contributed by atoms with Gasteiger partial charge in [-0.1, -0.05) is 23.7 Å². The van der Waals surface area contributed by atoms with Crippen LogP contribution in [0.1, 0.15) is 13.8 Å². The average molecular weight is 220 g/mol. The minimum atomic E-state index is -0.338. The fourth-order valence-electron chi connectivity index (χ4n) is 1.29. The van der Waals surface area contributed by atoms with Crippen LogP contribution in [0.2, 0.25) is 0 Å². The van der Waals surface area contributed by atoms with Gasteiger partial charge in [0.1, 0.15) is 20.2 Å². The first-order chi connectivity index (χ1) is 7.77. The van der Waals surface area contributed by atoms with E-state index in [-0.39, 0.29) is 6.29 Å². The van der Waals surface area contributed by atoms with Gasteiger partial charge in [0.05, 0.1) is 0 Å². The van der Waals surface area contributed by atoms with Crippen LogP contribution < -0.4 is 10.2 Å². The Balaban J connectivity index is 2.45. The summed E-state index contributed by atoms with van der Waals surface area (Å²) in [6, 6.07) is 7.36. The molecule has 0 bridgehead atoms. The Labute approximate surface area is 98.1 Å². The highest BCUT2D eigenvalue weighted by atomic mass is 16.7. The summed E-state index contributed by atoms with van der Waals surface area (Å²) in [4.78, 5) is 0. The van der Waals surface area contributed by atoms with Gasteiger partial charge in [-0.2, -0.15) is 0 Å². The Hall–Kier alpha value is -0.995. The van der Waals surface area contributed by atoms with Crippen molar-refractivity contribution in [2.24, 2.45) is 0 Å². The van der Waals surface area contributed by atoms with Crippen molar-refractivity contribution in [3.8, 4) is 5.75 Å². The maximum Gasteiger partial charge on any atom is 0.191 e. The highest BCUT2D eigenvalue weighted by Gasteiger charge is 2.09. The molecular weight excluding hydrogens is 203 g/mol. The van der Waals surface area contributed by atoms with Crippen LogP contribution in [0, 0.1) is 0 Å². The van der Waals surface area contributed by atoms with E-state index in [2.05, 4.69) is 0 Å². The largest absolute Gasteiger partial charge is 0.489 e. The molecule has 4 heteroatoms. The number of hydrogen-bond acceptors (Lipinski definition) is 3. The molecule has 0 N–H and O–H groups in total. The first-order valence-electron chi connectivity index (χ1n) is 5.48. The second-order valence-electron chi connectivity index (χ2n) is 3.19. The number of benzene rings is 1. The van der Waals surface area contributed by atoms with Gasteiger partial charge < -0.3 is 14.2 Å². The van der Waals surface area contributed by atoms with E-state index in [1.165, 1.54) is 0 Å². The third-order valence-corrected chi connectivity index (χ3v) is 2.00. The van der Waals surface area contributed by atoms with Crippen molar-refractivity contribution in [3.63, 3.8) is 0 Å². The second kappa shape index (κ2) is 7.31. The maximum absolute atomic E-state index is 5.75. The van der Waals surface area contributed by atoms with Gasteiger partial charge in [0, 0.05) is 13.2 Å². The molecule has 86 valence electrons. The predicted molar refractivity (Wildman–Crippen MR) is 64.4 cm³/mol. The van der Waals surface area contributed by atoms with Crippen molar-refractivity contribution in [2.45, 2.75) is 20.1 Å². The molecule has 0 heterocycles. The molecule has 0 aliphatic carbocycles. The SMILES string of the molecule is [B]c1ccccc1OCC(OCC)OCC. The summed E-state index contributed by atoms with van der Waals surface area (Å²) in [7, 11) is 5.75. The lowest BCUT2D eigenvalue weighted by molar-refractivity contribution is -0.152. The first kappa shape index (κ1) is 13.1. The zero-order valence-corrected chi connectivity index (χ0v) is 9.81. The van der Waals surface area contributed by atoms with Gasteiger partial charge in [-0.25, -0.2) is 0 Å². The summed E-state index contributed by atoms with van der Waals surface area (Å²) in [5, 5.41) is 0. The van der Waals surface area contributed by atoms with Gasteiger partial charge in [0.25, 0.3) is 0 Å². The standard InChI is InChI=1S/C12H17BO3/c1-3-14-12(15-4-2)9-16-11-8-6-5-7-10(11)13/h5-8,12H,3-4,9H2,1-2H3. The lowest BCUT2D eigenvalue weighted by Gasteiger charge is -2.18. The van der Waals surface area contributed by atoms with E-state index in [1.54, 1.807) is 6.07 Å². The molecule has 0 atom stereocenters.